The van der Waals surface area contributed by atoms with Crippen LogP contribution in [-0.4, -0.2) is 22.5 Å². The van der Waals surface area contributed by atoms with Crippen LogP contribution in [0.4, 0.5) is 5.82 Å². The number of imidazole rings is 1. The highest BCUT2D eigenvalue weighted by Gasteiger charge is 2.16. The molecule has 2 heterocycles. The molecule has 0 fully saturated rings. The molecule has 0 unspecified atom stereocenters. The zero-order valence-electron chi connectivity index (χ0n) is 9.81. The van der Waals surface area contributed by atoms with E-state index in [1.54, 1.807) is 11.3 Å². The molecular formula is C11H18N4S. The molecule has 0 atom stereocenters. The van der Waals surface area contributed by atoms with Crippen LogP contribution in [0.1, 0.15) is 26.0 Å². The van der Waals surface area contributed by atoms with Gasteiger partial charge in [0.25, 0.3) is 0 Å². The third-order valence-electron chi connectivity index (χ3n) is 2.71. The molecule has 2 N–H and O–H groups in total. The van der Waals surface area contributed by atoms with Gasteiger partial charge in [0.15, 0.2) is 10.8 Å². The summed E-state index contributed by atoms with van der Waals surface area (Å²) in [7, 11) is 0. The van der Waals surface area contributed by atoms with Crippen molar-refractivity contribution in [1.29, 1.82) is 0 Å². The lowest BCUT2D eigenvalue weighted by molar-refractivity contribution is 0.772. The van der Waals surface area contributed by atoms with Gasteiger partial charge >= 0.3 is 0 Å². The van der Waals surface area contributed by atoms with Gasteiger partial charge in [0.1, 0.15) is 0 Å². The lowest BCUT2D eigenvalue weighted by Crippen LogP contribution is -2.25. The Morgan fingerprint density at radius 2 is 2.31 bits per heavy atom. The molecule has 0 saturated heterocycles. The summed E-state index contributed by atoms with van der Waals surface area (Å²) in [6, 6.07) is 0. The summed E-state index contributed by atoms with van der Waals surface area (Å²) >= 11 is 1.65. The van der Waals surface area contributed by atoms with E-state index in [1.165, 1.54) is 0 Å². The number of nitrogens with zero attached hydrogens (tertiary/aromatic N) is 3. The molecule has 0 amide bonds. The van der Waals surface area contributed by atoms with Gasteiger partial charge in [0.2, 0.25) is 0 Å². The number of aromatic nitrogens is 2. The Morgan fingerprint density at radius 3 is 2.94 bits per heavy atom. The van der Waals surface area contributed by atoms with Crippen LogP contribution >= 0.6 is 11.3 Å². The first-order chi connectivity index (χ1) is 7.81. The first-order valence-corrected chi connectivity index (χ1v) is 6.59. The number of thiazole rings is 1. The molecule has 4 nitrogen and oxygen atoms in total. The summed E-state index contributed by atoms with van der Waals surface area (Å²) in [5.74, 6) is 1.05. The summed E-state index contributed by atoms with van der Waals surface area (Å²) in [4.78, 5) is 7.99. The van der Waals surface area contributed by atoms with Gasteiger partial charge in [-0.15, -0.1) is 11.3 Å². The Hall–Kier alpha value is -1.07. The van der Waals surface area contributed by atoms with Crippen molar-refractivity contribution in [2.75, 3.05) is 18.0 Å². The van der Waals surface area contributed by atoms with Crippen LogP contribution < -0.4 is 10.6 Å². The van der Waals surface area contributed by atoms with Crippen molar-refractivity contribution in [3.8, 4) is 0 Å². The van der Waals surface area contributed by atoms with Gasteiger partial charge in [-0.2, -0.15) is 0 Å². The molecule has 2 rings (SSSR count). The highest BCUT2D eigenvalue weighted by atomic mass is 32.1. The molecule has 0 aliphatic rings. The third kappa shape index (κ3) is 1.81. The summed E-state index contributed by atoms with van der Waals surface area (Å²) in [5.41, 5.74) is 6.94. The molecular weight excluding hydrogens is 220 g/mol. The van der Waals surface area contributed by atoms with E-state index in [4.69, 9.17) is 5.73 Å². The highest BCUT2D eigenvalue weighted by molar-refractivity contribution is 7.15. The van der Waals surface area contributed by atoms with Gasteiger partial charge in [-0.05, 0) is 13.3 Å². The second-order valence-corrected chi connectivity index (χ2v) is 4.59. The van der Waals surface area contributed by atoms with Gasteiger partial charge in [0.05, 0.1) is 5.69 Å². The van der Waals surface area contributed by atoms with Crippen LogP contribution in [0.3, 0.4) is 0 Å². The Bertz CT molecular complexity index is 459. The second kappa shape index (κ2) is 4.84. The molecule has 2 aromatic heterocycles. The third-order valence-corrected chi connectivity index (χ3v) is 3.46. The van der Waals surface area contributed by atoms with Crippen molar-refractivity contribution in [1.82, 2.24) is 9.38 Å². The summed E-state index contributed by atoms with van der Waals surface area (Å²) in [6.45, 7) is 6.89. The molecule has 0 bridgehead atoms. The Labute approximate surface area is 99.7 Å². The van der Waals surface area contributed by atoms with Crippen molar-refractivity contribution in [3.05, 3.63) is 17.3 Å². The van der Waals surface area contributed by atoms with E-state index < -0.39 is 0 Å². The minimum atomic E-state index is 0.535. The van der Waals surface area contributed by atoms with E-state index in [1.807, 2.05) is 11.6 Å². The number of hydrogen-bond acceptors (Lipinski definition) is 4. The predicted octanol–water partition coefficient (Wildman–Crippen LogP) is 2.09. The summed E-state index contributed by atoms with van der Waals surface area (Å²) in [6.07, 6.45) is 3.17. The minimum Gasteiger partial charge on any atom is -0.355 e. The molecule has 0 radical (unpaired) electrons. The molecule has 0 aromatic carbocycles. The lowest BCUT2D eigenvalue weighted by Gasteiger charge is -2.20. The standard InChI is InChI=1S/C11H18N4S/c1-3-5-14(4-2)10-9(8-12)15-6-7-16-11(15)13-10/h6-7H,3-5,8,12H2,1-2H3. The summed E-state index contributed by atoms with van der Waals surface area (Å²) in [5, 5.41) is 2.04. The van der Waals surface area contributed by atoms with Crippen molar-refractivity contribution >= 4 is 22.1 Å². The molecule has 0 aliphatic heterocycles. The molecule has 88 valence electrons. The maximum atomic E-state index is 5.83. The van der Waals surface area contributed by atoms with Crippen molar-refractivity contribution in [3.63, 3.8) is 0 Å². The largest absolute Gasteiger partial charge is 0.355 e. The van der Waals surface area contributed by atoms with E-state index in [0.717, 1.165) is 36.0 Å². The monoisotopic (exact) mass is 238 g/mol. The Kier molecular flexibility index (Phi) is 3.46. The Balaban J connectivity index is 2.44. The van der Waals surface area contributed by atoms with Gasteiger partial charge in [0, 0.05) is 31.2 Å². The van der Waals surface area contributed by atoms with Crippen LogP contribution in [0.25, 0.3) is 4.96 Å². The number of rotatable bonds is 5. The van der Waals surface area contributed by atoms with E-state index in [9.17, 15) is 0 Å². The van der Waals surface area contributed by atoms with E-state index in [-0.39, 0.29) is 0 Å². The number of anilines is 1. The lowest BCUT2D eigenvalue weighted by atomic mass is 10.3. The van der Waals surface area contributed by atoms with Gasteiger partial charge < -0.3 is 10.6 Å². The van der Waals surface area contributed by atoms with Gasteiger partial charge in [-0.1, -0.05) is 6.92 Å². The average Bonchev–Trinajstić information content (AvgIpc) is 2.85. The molecule has 0 aliphatic carbocycles. The van der Waals surface area contributed by atoms with Crippen molar-refractivity contribution in [2.45, 2.75) is 26.8 Å². The van der Waals surface area contributed by atoms with Crippen LogP contribution in [0, 0.1) is 0 Å². The van der Waals surface area contributed by atoms with Gasteiger partial charge in [-0.25, -0.2) is 4.98 Å². The summed E-state index contributed by atoms with van der Waals surface area (Å²) < 4.78 is 2.10. The van der Waals surface area contributed by atoms with E-state index >= 15 is 0 Å². The maximum absolute atomic E-state index is 5.83. The van der Waals surface area contributed by atoms with Crippen LogP contribution in [0.2, 0.25) is 0 Å². The normalized spacial score (nSPS) is 11.2. The van der Waals surface area contributed by atoms with Crippen LogP contribution in [-0.2, 0) is 6.54 Å². The molecule has 2 aromatic rings. The second-order valence-electron chi connectivity index (χ2n) is 3.72. The zero-order valence-corrected chi connectivity index (χ0v) is 10.6. The first-order valence-electron chi connectivity index (χ1n) is 5.71. The van der Waals surface area contributed by atoms with Crippen LogP contribution in [0.15, 0.2) is 11.6 Å². The predicted molar refractivity (Wildman–Crippen MR) is 69.1 cm³/mol. The highest BCUT2D eigenvalue weighted by Crippen LogP contribution is 2.24. The quantitative estimate of drug-likeness (QED) is 0.867. The fraction of sp³-hybridized carbons (Fsp3) is 0.545. The Morgan fingerprint density at radius 1 is 1.50 bits per heavy atom. The smallest absolute Gasteiger partial charge is 0.195 e. The SMILES string of the molecule is CCCN(CC)c1nc2sccn2c1CN. The maximum Gasteiger partial charge on any atom is 0.195 e. The molecule has 16 heavy (non-hydrogen) atoms. The average molecular weight is 238 g/mol. The van der Waals surface area contributed by atoms with E-state index in [0.29, 0.717) is 6.54 Å². The molecule has 0 saturated carbocycles. The van der Waals surface area contributed by atoms with Crippen molar-refractivity contribution < 1.29 is 0 Å². The fourth-order valence-electron chi connectivity index (χ4n) is 1.95. The van der Waals surface area contributed by atoms with Gasteiger partial charge in [-0.3, -0.25) is 4.40 Å². The fourth-order valence-corrected chi connectivity index (χ4v) is 2.68. The minimum absolute atomic E-state index is 0.535. The molecule has 5 heteroatoms. The van der Waals surface area contributed by atoms with E-state index in [2.05, 4.69) is 28.1 Å². The number of fused-ring (bicyclic) bond motifs is 1. The zero-order chi connectivity index (χ0) is 11.5. The van der Waals surface area contributed by atoms with Crippen molar-refractivity contribution in [2.24, 2.45) is 5.73 Å². The number of hydrogen-bond donors (Lipinski definition) is 1. The topological polar surface area (TPSA) is 46.6 Å². The number of nitrogens with two attached hydrogens (primary N) is 1. The molecule has 0 spiro atoms. The first kappa shape index (κ1) is 11.4. The van der Waals surface area contributed by atoms with Crippen LogP contribution in [0.5, 0.6) is 0 Å².